The zero-order chi connectivity index (χ0) is 21.6. The number of thioether (sulfide) groups is 1. The van der Waals surface area contributed by atoms with Gasteiger partial charge in [-0.3, -0.25) is 9.69 Å². The zero-order valence-corrected chi connectivity index (χ0v) is 19.0. The third-order valence-electron chi connectivity index (χ3n) is 5.05. The highest BCUT2D eigenvalue weighted by Gasteiger charge is 2.31. The van der Waals surface area contributed by atoms with E-state index in [1.54, 1.807) is 12.0 Å². The second-order valence-electron chi connectivity index (χ2n) is 7.14. The predicted molar refractivity (Wildman–Crippen MR) is 130 cm³/mol. The first-order valence-corrected chi connectivity index (χ1v) is 11.4. The van der Waals surface area contributed by atoms with Gasteiger partial charge in [-0.25, -0.2) is 0 Å². The molecule has 1 saturated heterocycles. The number of carbonyl (C=O) groups excluding carboxylic acids is 1. The van der Waals surface area contributed by atoms with Gasteiger partial charge in [0.05, 0.1) is 24.7 Å². The van der Waals surface area contributed by atoms with E-state index in [0.717, 1.165) is 35.2 Å². The van der Waals surface area contributed by atoms with Crippen LogP contribution in [0.3, 0.4) is 0 Å². The molecule has 0 bridgehead atoms. The highest BCUT2D eigenvalue weighted by Crippen LogP contribution is 2.34. The van der Waals surface area contributed by atoms with E-state index in [0.29, 0.717) is 29.0 Å². The standard InChI is InChI=1S/C24H24N2O3S2/c1-28-15-13-26-23(27)22(31-24(26)30)16-18-17-25(21-11-6-5-10-20(18)21)12-7-14-29-19-8-3-2-4-9-19/h2-6,8-11,16-17H,7,12-15H2,1H3/b22-16-. The molecule has 0 N–H and O–H groups in total. The molecule has 2 aromatic carbocycles. The number of carbonyl (C=O) groups is 1. The van der Waals surface area contributed by atoms with Crippen LogP contribution in [0.5, 0.6) is 5.75 Å². The molecule has 0 aliphatic carbocycles. The van der Waals surface area contributed by atoms with E-state index in [1.165, 1.54) is 11.8 Å². The fraction of sp³-hybridized carbons (Fsp3) is 0.250. The van der Waals surface area contributed by atoms with Gasteiger partial charge in [0.15, 0.2) is 0 Å². The van der Waals surface area contributed by atoms with E-state index in [9.17, 15) is 4.79 Å². The van der Waals surface area contributed by atoms with Crippen molar-refractivity contribution in [3.8, 4) is 5.75 Å². The molecule has 0 spiro atoms. The lowest BCUT2D eigenvalue weighted by molar-refractivity contribution is -0.122. The highest BCUT2D eigenvalue weighted by molar-refractivity contribution is 8.26. The number of rotatable bonds is 9. The van der Waals surface area contributed by atoms with Crippen LogP contribution in [-0.2, 0) is 16.1 Å². The number of aryl methyl sites for hydroxylation is 1. The summed E-state index contributed by atoms with van der Waals surface area (Å²) in [5, 5.41) is 1.12. The molecule has 7 heteroatoms. The van der Waals surface area contributed by atoms with Gasteiger partial charge < -0.3 is 14.0 Å². The summed E-state index contributed by atoms with van der Waals surface area (Å²) in [6.45, 7) is 2.41. The van der Waals surface area contributed by atoms with Crippen molar-refractivity contribution in [3.05, 3.63) is 71.3 Å². The van der Waals surface area contributed by atoms with Crippen LogP contribution >= 0.6 is 24.0 Å². The number of benzene rings is 2. The largest absolute Gasteiger partial charge is 0.494 e. The topological polar surface area (TPSA) is 43.7 Å². The van der Waals surface area contributed by atoms with E-state index >= 15 is 0 Å². The molecule has 0 atom stereocenters. The normalized spacial score (nSPS) is 15.4. The van der Waals surface area contributed by atoms with Crippen LogP contribution < -0.4 is 4.74 Å². The van der Waals surface area contributed by atoms with E-state index in [-0.39, 0.29) is 5.91 Å². The smallest absolute Gasteiger partial charge is 0.266 e. The summed E-state index contributed by atoms with van der Waals surface area (Å²) < 4.78 is 13.7. The molecule has 0 saturated carbocycles. The lowest BCUT2D eigenvalue weighted by Gasteiger charge is -2.12. The SMILES string of the molecule is COCCN1C(=O)/C(=C/c2cn(CCCOc3ccccc3)c3ccccc23)SC1=S. The van der Waals surface area contributed by atoms with Crippen molar-refractivity contribution in [2.24, 2.45) is 0 Å². The van der Waals surface area contributed by atoms with Crippen molar-refractivity contribution in [3.63, 3.8) is 0 Å². The minimum atomic E-state index is -0.0554. The molecule has 3 aromatic rings. The molecule has 160 valence electrons. The molecular formula is C24H24N2O3S2. The van der Waals surface area contributed by atoms with Gasteiger partial charge in [-0.05, 0) is 30.7 Å². The Hall–Kier alpha value is -2.61. The van der Waals surface area contributed by atoms with Crippen molar-refractivity contribution in [1.29, 1.82) is 0 Å². The summed E-state index contributed by atoms with van der Waals surface area (Å²) in [4.78, 5) is 15.0. The average Bonchev–Trinajstić information content (AvgIpc) is 3.27. The van der Waals surface area contributed by atoms with Crippen LogP contribution in [0.15, 0.2) is 65.7 Å². The molecule has 1 aliphatic heterocycles. The number of thiocarbonyl (C=S) groups is 1. The van der Waals surface area contributed by atoms with Crippen molar-refractivity contribution < 1.29 is 14.3 Å². The Balaban J connectivity index is 1.49. The number of amides is 1. The van der Waals surface area contributed by atoms with Gasteiger partial charge in [0.25, 0.3) is 5.91 Å². The Morgan fingerprint density at radius 2 is 1.81 bits per heavy atom. The number of hydrogen-bond donors (Lipinski definition) is 0. The number of methoxy groups -OCH3 is 1. The molecule has 2 heterocycles. The number of para-hydroxylation sites is 2. The lowest BCUT2D eigenvalue weighted by Crippen LogP contribution is -2.31. The summed E-state index contributed by atoms with van der Waals surface area (Å²) in [5.74, 6) is 0.830. The van der Waals surface area contributed by atoms with Crippen LogP contribution in [-0.4, -0.2) is 46.6 Å². The molecule has 1 aromatic heterocycles. The Kier molecular flexibility index (Phi) is 7.06. The van der Waals surface area contributed by atoms with Gasteiger partial charge >= 0.3 is 0 Å². The van der Waals surface area contributed by atoms with Gasteiger partial charge in [0.1, 0.15) is 10.1 Å². The quantitative estimate of drug-likeness (QED) is 0.261. The zero-order valence-electron chi connectivity index (χ0n) is 17.3. The lowest BCUT2D eigenvalue weighted by atomic mass is 10.1. The number of hydrogen-bond acceptors (Lipinski definition) is 5. The van der Waals surface area contributed by atoms with Crippen molar-refractivity contribution >= 4 is 51.2 Å². The molecule has 0 unspecified atom stereocenters. The second kappa shape index (κ2) is 10.1. The van der Waals surface area contributed by atoms with Crippen LogP contribution in [0.4, 0.5) is 0 Å². The van der Waals surface area contributed by atoms with Crippen LogP contribution in [0.1, 0.15) is 12.0 Å². The summed E-state index contributed by atoms with van der Waals surface area (Å²) in [7, 11) is 1.62. The van der Waals surface area contributed by atoms with Crippen LogP contribution in [0.2, 0.25) is 0 Å². The van der Waals surface area contributed by atoms with Gasteiger partial charge in [-0.15, -0.1) is 0 Å². The van der Waals surface area contributed by atoms with Gasteiger partial charge in [-0.1, -0.05) is 60.4 Å². The molecule has 31 heavy (non-hydrogen) atoms. The van der Waals surface area contributed by atoms with Crippen molar-refractivity contribution in [1.82, 2.24) is 9.47 Å². The Morgan fingerprint density at radius 3 is 2.61 bits per heavy atom. The Morgan fingerprint density at radius 1 is 1.03 bits per heavy atom. The van der Waals surface area contributed by atoms with Crippen LogP contribution in [0.25, 0.3) is 17.0 Å². The molecular weight excluding hydrogens is 428 g/mol. The summed E-state index contributed by atoms with van der Waals surface area (Å²) in [6.07, 6.45) is 4.94. The summed E-state index contributed by atoms with van der Waals surface area (Å²) in [6, 6.07) is 18.1. The maximum Gasteiger partial charge on any atom is 0.266 e. The molecule has 1 fully saturated rings. The molecule has 1 aliphatic rings. The minimum absolute atomic E-state index is 0.0554. The summed E-state index contributed by atoms with van der Waals surface area (Å²) in [5.41, 5.74) is 2.16. The predicted octanol–water partition coefficient (Wildman–Crippen LogP) is 4.96. The van der Waals surface area contributed by atoms with Crippen LogP contribution in [0, 0.1) is 0 Å². The van der Waals surface area contributed by atoms with Crippen molar-refractivity contribution in [2.75, 3.05) is 26.9 Å². The van der Waals surface area contributed by atoms with Gasteiger partial charge in [0, 0.05) is 36.3 Å². The number of fused-ring (bicyclic) bond motifs is 1. The Labute approximate surface area is 191 Å². The van der Waals surface area contributed by atoms with Gasteiger partial charge in [0.2, 0.25) is 0 Å². The molecule has 5 nitrogen and oxygen atoms in total. The fourth-order valence-corrected chi connectivity index (χ4v) is 4.83. The van der Waals surface area contributed by atoms with E-state index in [4.69, 9.17) is 21.7 Å². The highest BCUT2D eigenvalue weighted by atomic mass is 32.2. The fourth-order valence-electron chi connectivity index (χ4n) is 3.53. The van der Waals surface area contributed by atoms with Crippen molar-refractivity contribution in [2.45, 2.75) is 13.0 Å². The van der Waals surface area contributed by atoms with E-state index in [2.05, 4.69) is 22.9 Å². The Bertz CT molecular complexity index is 1110. The first-order valence-electron chi connectivity index (χ1n) is 10.2. The number of ether oxygens (including phenoxy) is 2. The minimum Gasteiger partial charge on any atom is -0.494 e. The first kappa shape index (κ1) is 21.6. The molecule has 1 amide bonds. The first-order chi connectivity index (χ1) is 15.2. The molecule has 4 rings (SSSR count). The monoisotopic (exact) mass is 452 g/mol. The average molecular weight is 453 g/mol. The maximum absolute atomic E-state index is 12.8. The second-order valence-corrected chi connectivity index (χ2v) is 8.81. The van der Waals surface area contributed by atoms with Gasteiger partial charge in [-0.2, -0.15) is 0 Å². The number of aromatic nitrogens is 1. The van der Waals surface area contributed by atoms with E-state index < -0.39 is 0 Å². The maximum atomic E-state index is 12.8. The molecule has 0 radical (unpaired) electrons. The third kappa shape index (κ3) is 5.01. The van der Waals surface area contributed by atoms with E-state index in [1.807, 2.05) is 48.5 Å². The summed E-state index contributed by atoms with van der Waals surface area (Å²) >= 11 is 6.74. The number of nitrogens with zero attached hydrogens (tertiary/aromatic N) is 2. The third-order valence-corrected chi connectivity index (χ3v) is 6.43.